The number of hydrogen-bond donors (Lipinski definition) is 2. The SMILES string of the molecule is CNC(=O)c1ccc(CN(Cc2ccsc2-c2nn[nH]n2)C2CC2)cc1. The third kappa shape index (κ3) is 3.66. The molecule has 2 aromatic heterocycles. The van der Waals surface area contributed by atoms with Crippen molar-refractivity contribution >= 4 is 17.2 Å². The number of carbonyl (C=O) groups is 1. The maximum Gasteiger partial charge on any atom is 0.251 e. The topological polar surface area (TPSA) is 86.8 Å². The fourth-order valence-electron chi connectivity index (χ4n) is 3.03. The summed E-state index contributed by atoms with van der Waals surface area (Å²) in [5.74, 6) is 0.597. The number of amides is 1. The number of nitrogens with zero attached hydrogens (tertiary/aromatic N) is 4. The average Bonchev–Trinajstić information content (AvgIpc) is 3.17. The molecular formula is C18H20N6OS. The number of nitrogens with one attached hydrogen (secondary N) is 2. The van der Waals surface area contributed by atoms with Crippen LogP contribution >= 0.6 is 11.3 Å². The van der Waals surface area contributed by atoms with Gasteiger partial charge in [-0.05, 0) is 52.8 Å². The molecule has 0 atom stereocenters. The third-order valence-electron chi connectivity index (χ3n) is 4.56. The maximum absolute atomic E-state index is 11.7. The van der Waals surface area contributed by atoms with Crippen LogP contribution < -0.4 is 5.32 Å². The van der Waals surface area contributed by atoms with Crippen LogP contribution in [0.25, 0.3) is 10.7 Å². The average molecular weight is 368 g/mol. The number of hydrogen-bond acceptors (Lipinski definition) is 6. The Morgan fingerprint density at radius 3 is 2.73 bits per heavy atom. The molecular weight excluding hydrogens is 348 g/mol. The molecule has 3 aromatic rings. The molecule has 1 fully saturated rings. The lowest BCUT2D eigenvalue weighted by Crippen LogP contribution is -2.25. The molecule has 2 heterocycles. The summed E-state index contributed by atoms with van der Waals surface area (Å²) in [7, 11) is 1.65. The zero-order valence-electron chi connectivity index (χ0n) is 14.5. The second-order valence-electron chi connectivity index (χ2n) is 6.42. The summed E-state index contributed by atoms with van der Waals surface area (Å²) in [6.45, 7) is 1.72. The van der Waals surface area contributed by atoms with E-state index >= 15 is 0 Å². The first-order valence-electron chi connectivity index (χ1n) is 8.60. The van der Waals surface area contributed by atoms with Crippen molar-refractivity contribution in [3.8, 4) is 10.7 Å². The Kier molecular flexibility index (Phi) is 4.77. The van der Waals surface area contributed by atoms with Gasteiger partial charge in [-0.3, -0.25) is 9.69 Å². The van der Waals surface area contributed by atoms with Gasteiger partial charge in [0.1, 0.15) is 0 Å². The zero-order chi connectivity index (χ0) is 17.9. The lowest BCUT2D eigenvalue weighted by Gasteiger charge is -2.22. The van der Waals surface area contributed by atoms with Crippen molar-refractivity contribution in [3.63, 3.8) is 0 Å². The molecule has 0 saturated heterocycles. The van der Waals surface area contributed by atoms with Crippen LogP contribution in [0.1, 0.15) is 34.3 Å². The van der Waals surface area contributed by atoms with Gasteiger partial charge in [-0.15, -0.1) is 21.5 Å². The van der Waals surface area contributed by atoms with Gasteiger partial charge in [0.15, 0.2) is 0 Å². The van der Waals surface area contributed by atoms with Crippen LogP contribution in [0, 0.1) is 0 Å². The van der Waals surface area contributed by atoms with Crippen molar-refractivity contribution in [2.45, 2.75) is 32.0 Å². The number of thiophene rings is 1. The predicted molar refractivity (Wildman–Crippen MR) is 99.6 cm³/mol. The molecule has 8 heteroatoms. The number of H-pyrrole nitrogens is 1. The fourth-order valence-corrected chi connectivity index (χ4v) is 3.87. The fraction of sp³-hybridized carbons (Fsp3) is 0.333. The Balaban J connectivity index is 1.49. The van der Waals surface area contributed by atoms with Crippen LogP contribution in [0.2, 0.25) is 0 Å². The summed E-state index contributed by atoms with van der Waals surface area (Å²) in [6.07, 6.45) is 2.47. The van der Waals surface area contributed by atoms with E-state index in [0.717, 1.165) is 18.0 Å². The van der Waals surface area contributed by atoms with E-state index in [1.54, 1.807) is 18.4 Å². The van der Waals surface area contributed by atoms with E-state index in [1.165, 1.54) is 24.0 Å². The molecule has 1 aliphatic rings. The molecule has 0 unspecified atom stereocenters. The van der Waals surface area contributed by atoms with Crippen molar-refractivity contribution in [2.75, 3.05) is 7.05 Å². The van der Waals surface area contributed by atoms with Gasteiger partial charge < -0.3 is 5.32 Å². The van der Waals surface area contributed by atoms with Gasteiger partial charge in [-0.1, -0.05) is 12.1 Å². The summed E-state index contributed by atoms with van der Waals surface area (Å²) in [5.41, 5.74) is 3.12. The Labute approximate surface area is 155 Å². The van der Waals surface area contributed by atoms with Crippen LogP contribution in [0.15, 0.2) is 35.7 Å². The first-order chi connectivity index (χ1) is 12.7. The molecule has 7 nitrogen and oxygen atoms in total. The van der Waals surface area contributed by atoms with Crippen molar-refractivity contribution in [1.82, 2.24) is 30.8 Å². The molecule has 2 N–H and O–H groups in total. The molecule has 4 rings (SSSR count). The van der Waals surface area contributed by atoms with E-state index in [2.05, 4.69) is 42.3 Å². The minimum Gasteiger partial charge on any atom is -0.355 e. The van der Waals surface area contributed by atoms with Gasteiger partial charge in [0.25, 0.3) is 5.91 Å². The Bertz CT molecular complexity index is 869. The molecule has 1 amide bonds. The van der Waals surface area contributed by atoms with Gasteiger partial charge in [0.2, 0.25) is 5.82 Å². The van der Waals surface area contributed by atoms with Crippen molar-refractivity contribution in [2.24, 2.45) is 0 Å². The summed E-state index contributed by atoms with van der Waals surface area (Å²) in [4.78, 5) is 15.2. The summed E-state index contributed by atoms with van der Waals surface area (Å²) in [5, 5.41) is 19.1. The second kappa shape index (κ2) is 7.35. The molecule has 0 aliphatic heterocycles. The largest absolute Gasteiger partial charge is 0.355 e. The lowest BCUT2D eigenvalue weighted by molar-refractivity contribution is 0.0963. The number of aromatic nitrogens is 4. The van der Waals surface area contributed by atoms with Gasteiger partial charge >= 0.3 is 0 Å². The quantitative estimate of drug-likeness (QED) is 0.669. The number of rotatable bonds is 7. The highest BCUT2D eigenvalue weighted by Crippen LogP contribution is 2.33. The molecule has 0 radical (unpaired) electrons. The summed E-state index contributed by atoms with van der Waals surface area (Å²) in [6, 6.07) is 10.6. The summed E-state index contributed by atoms with van der Waals surface area (Å²) >= 11 is 1.64. The van der Waals surface area contributed by atoms with Crippen molar-refractivity contribution in [1.29, 1.82) is 0 Å². The third-order valence-corrected chi connectivity index (χ3v) is 5.51. The molecule has 0 bridgehead atoms. The van der Waals surface area contributed by atoms with Crippen molar-refractivity contribution < 1.29 is 4.79 Å². The zero-order valence-corrected chi connectivity index (χ0v) is 15.3. The van der Waals surface area contributed by atoms with E-state index in [-0.39, 0.29) is 5.91 Å². The minimum atomic E-state index is -0.0568. The van der Waals surface area contributed by atoms with Crippen LogP contribution in [-0.2, 0) is 13.1 Å². The molecule has 26 heavy (non-hydrogen) atoms. The van der Waals surface area contributed by atoms with Gasteiger partial charge in [0, 0.05) is 31.7 Å². The molecule has 134 valence electrons. The highest BCUT2D eigenvalue weighted by atomic mass is 32.1. The monoisotopic (exact) mass is 368 g/mol. The van der Waals surface area contributed by atoms with E-state index in [1.807, 2.05) is 24.3 Å². The maximum atomic E-state index is 11.7. The van der Waals surface area contributed by atoms with Gasteiger partial charge in [-0.25, -0.2) is 0 Å². The van der Waals surface area contributed by atoms with Crippen LogP contribution in [0.3, 0.4) is 0 Å². The molecule has 0 spiro atoms. The van der Waals surface area contributed by atoms with Gasteiger partial charge in [0.05, 0.1) is 4.88 Å². The second-order valence-corrected chi connectivity index (χ2v) is 7.34. The smallest absolute Gasteiger partial charge is 0.251 e. The molecule has 1 aliphatic carbocycles. The Morgan fingerprint density at radius 2 is 2.08 bits per heavy atom. The normalized spacial score (nSPS) is 13.9. The predicted octanol–water partition coefficient (Wildman–Crippen LogP) is 2.45. The Hall–Kier alpha value is -2.58. The highest BCUT2D eigenvalue weighted by Gasteiger charge is 2.30. The van der Waals surface area contributed by atoms with E-state index in [9.17, 15) is 4.79 Å². The number of carbonyl (C=O) groups excluding carboxylic acids is 1. The number of aromatic amines is 1. The van der Waals surface area contributed by atoms with E-state index in [0.29, 0.717) is 17.4 Å². The van der Waals surface area contributed by atoms with E-state index in [4.69, 9.17) is 0 Å². The first-order valence-corrected chi connectivity index (χ1v) is 9.48. The molecule has 1 aromatic carbocycles. The molecule has 1 saturated carbocycles. The number of benzene rings is 1. The standard InChI is InChI=1S/C18H20N6OS/c1-19-18(25)13-4-2-12(3-5-13)10-24(15-6-7-15)11-14-8-9-26-16(14)17-20-22-23-21-17/h2-5,8-9,15H,6-7,10-11H2,1H3,(H,19,25)(H,20,21,22,23). The highest BCUT2D eigenvalue weighted by molar-refractivity contribution is 7.13. The van der Waals surface area contributed by atoms with Crippen LogP contribution in [0.5, 0.6) is 0 Å². The van der Waals surface area contributed by atoms with E-state index < -0.39 is 0 Å². The number of tetrazole rings is 1. The van der Waals surface area contributed by atoms with Crippen LogP contribution in [0.4, 0.5) is 0 Å². The Morgan fingerprint density at radius 1 is 1.27 bits per heavy atom. The summed E-state index contributed by atoms with van der Waals surface area (Å²) < 4.78 is 0. The van der Waals surface area contributed by atoms with Gasteiger partial charge in [-0.2, -0.15) is 5.21 Å². The van der Waals surface area contributed by atoms with Crippen LogP contribution in [-0.4, -0.2) is 44.5 Å². The lowest BCUT2D eigenvalue weighted by atomic mass is 10.1. The first kappa shape index (κ1) is 16.9. The van der Waals surface area contributed by atoms with Crippen molar-refractivity contribution in [3.05, 3.63) is 52.4 Å². The minimum absolute atomic E-state index is 0.0568.